The Bertz CT molecular complexity index is 1090. The van der Waals surface area contributed by atoms with E-state index in [1.165, 1.54) is 11.3 Å². The van der Waals surface area contributed by atoms with Crippen molar-refractivity contribution in [3.05, 3.63) is 75.7 Å². The molecule has 0 bridgehead atoms. The van der Waals surface area contributed by atoms with Gasteiger partial charge in [0.25, 0.3) is 0 Å². The van der Waals surface area contributed by atoms with E-state index in [1.807, 2.05) is 36.4 Å². The molecule has 1 N–H and O–H groups in total. The fraction of sp³-hybridized carbons (Fsp3) is 0.481. The number of fused-ring (bicyclic) bond motifs is 1. The van der Waals surface area contributed by atoms with Crippen LogP contribution in [0.2, 0.25) is 0 Å². The number of nitrogens with zero attached hydrogens (tertiary/aromatic N) is 4. The van der Waals surface area contributed by atoms with E-state index < -0.39 is 6.04 Å². The Morgan fingerprint density at radius 2 is 1.91 bits per heavy atom. The molecule has 1 aliphatic carbocycles. The molecule has 2 atom stereocenters. The molecule has 7 heteroatoms. The molecular weight excluding hydrogens is 426 g/mol. The van der Waals surface area contributed by atoms with Gasteiger partial charge in [-0.1, -0.05) is 73.8 Å². The number of carbonyl (C=O) groups excluding carboxylic acids is 2. The highest BCUT2D eigenvalue weighted by atomic mass is 16.2. The van der Waals surface area contributed by atoms with Crippen molar-refractivity contribution in [2.75, 3.05) is 11.4 Å². The quantitative estimate of drug-likeness (QED) is 0.344. The van der Waals surface area contributed by atoms with Crippen LogP contribution >= 0.6 is 0 Å². The zero-order valence-corrected chi connectivity index (χ0v) is 20.0. The molecule has 0 radical (unpaired) electrons. The second-order valence-corrected chi connectivity index (χ2v) is 9.76. The summed E-state index contributed by atoms with van der Waals surface area (Å²) < 4.78 is 0. The monoisotopic (exact) mass is 459 g/mol. The van der Waals surface area contributed by atoms with Gasteiger partial charge in [0.05, 0.1) is 0 Å². The number of aryl methyl sites for hydroxylation is 1. The van der Waals surface area contributed by atoms with Gasteiger partial charge < -0.3 is 10.2 Å². The van der Waals surface area contributed by atoms with Gasteiger partial charge >= 0.3 is 0 Å². The van der Waals surface area contributed by atoms with Crippen molar-refractivity contribution in [2.24, 2.45) is 5.11 Å². The summed E-state index contributed by atoms with van der Waals surface area (Å²) >= 11 is 0. The predicted octanol–water partition coefficient (Wildman–Crippen LogP) is 5.64. The molecule has 34 heavy (non-hydrogen) atoms. The second-order valence-electron chi connectivity index (χ2n) is 9.76. The molecule has 2 aromatic carbocycles. The van der Waals surface area contributed by atoms with E-state index in [2.05, 4.69) is 41.3 Å². The van der Waals surface area contributed by atoms with Crippen LogP contribution < -0.4 is 10.2 Å². The third-order valence-electron chi connectivity index (χ3n) is 7.27. The van der Waals surface area contributed by atoms with Crippen LogP contribution in [0.5, 0.6) is 0 Å². The van der Waals surface area contributed by atoms with Gasteiger partial charge in [-0.15, -0.1) is 0 Å². The van der Waals surface area contributed by atoms with Gasteiger partial charge in [-0.25, -0.2) is 0 Å². The summed E-state index contributed by atoms with van der Waals surface area (Å²) in [5, 5.41) is 7.07. The number of carbonyl (C=O) groups is 2. The number of amides is 2. The third-order valence-corrected chi connectivity index (χ3v) is 7.27. The van der Waals surface area contributed by atoms with Crippen molar-refractivity contribution < 1.29 is 9.59 Å². The van der Waals surface area contributed by atoms with E-state index in [-0.39, 0.29) is 29.8 Å². The highest BCUT2D eigenvalue weighted by Gasteiger charge is 2.37. The normalized spacial score (nSPS) is 21.7. The molecule has 1 heterocycles. The molecule has 1 aliphatic heterocycles. The summed E-state index contributed by atoms with van der Waals surface area (Å²) in [5.41, 5.74) is 12.8. The van der Waals surface area contributed by atoms with Crippen LogP contribution in [0.15, 0.2) is 53.6 Å². The molecule has 2 aliphatic rings. The molecule has 2 amide bonds. The molecule has 2 aromatic rings. The number of anilines is 1. The minimum Gasteiger partial charge on any atom is -0.349 e. The summed E-state index contributed by atoms with van der Waals surface area (Å²) in [7, 11) is 0. The van der Waals surface area contributed by atoms with Crippen molar-refractivity contribution >= 4 is 17.5 Å². The SMILES string of the molecule is CCc1ccc2c(c1)N(CC(=O)NC1(C)CCCCC1)C(=O)C(N=[N+]=[N-])CC2c1ccccc1. The minimum atomic E-state index is -0.884. The van der Waals surface area contributed by atoms with Crippen molar-refractivity contribution in [1.29, 1.82) is 0 Å². The standard InChI is InChI=1S/C27H33N5O2/c1-3-19-12-13-21-22(20-10-6-4-7-11-20)17-23(30-31-28)26(34)32(24(21)16-19)18-25(33)29-27(2)14-8-5-9-15-27/h4,6-7,10-13,16,22-23H,3,5,8-9,14-15,17-18H2,1-2H3,(H,29,33). The Labute approximate surface area is 201 Å². The van der Waals surface area contributed by atoms with E-state index in [0.29, 0.717) is 6.42 Å². The Kier molecular flexibility index (Phi) is 7.23. The van der Waals surface area contributed by atoms with E-state index in [9.17, 15) is 15.1 Å². The van der Waals surface area contributed by atoms with Gasteiger partial charge in [-0.05, 0) is 60.9 Å². The lowest BCUT2D eigenvalue weighted by atomic mass is 9.83. The van der Waals surface area contributed by atoms with Crippen LogP contribution in [-0.2, 0) is 16.0 Å². The average molecular weight is 460 g/mol. The van der Waals surface area contributed by atoms with Gasteiger partial charge in [0.15, 0.2) is 0 Å². The van der Waals surface area contributed by atoms with E-state index >= 15 is 0 Å². The first-order valence-corrected chi connectivity index (χ1v) is 12.3. The lowest BCUT2D eigenvalue weighted by molar-refractivity contribution is -0.125. The number of nitrogens with one attached hydrogen (secondary N) is 1. The highest BCUT2D eigenvalue weighted by Crippen LogP contribution is 2.40. The zero-order valence-electron chi connectivity index (χ0n) is 20.0. The smallest absolute Gasteiger partial charge is 0.240 e. The Morgan fingerprint density at radius 1 is 1.18 bits per heavy atom. The molecule has 7 nitrogen and oxygen atoms in total. The fourth-order valence-electron chi connectivity index (χ4n) is 5.39. The molecule has 0 aromatic heterocycles. The van der Waals surface area contributed by atoms with E-state index in [4.69, 9.17) is 0 Å². The largest absolute Gasteiger partial charge is 0.349 e. The summed E-state index contributed by atoms with van der Waals surface area (Å²) in [6.07, 6.45) is 6.45. The molecule has 2 unspecified atom stereocenters. The van der Waals surface area contributed by atoms with Gasteiger partial charge in [0, 0.05) is 22.1 Å². The van der Waals surface area contributed by atoms with Gasteiger partial charge in [0.1, 0.15) is 12.6 Å². The number of benzene rings is 2. The van der Waals surface area contributed by atoms with Crippen LogP contribution in [0.25, 0.3) is 10.4 Å². The molecule has 178 valence electrons. The van der Waals surface area contributed by atoms with Crippen molar-refractivity contribution in [3.63, 3.8) is 0 Å². The number of hydrogen-bond acceptors (Lipinski definition) is 3. The predicted molar refractivity (Wildman–Crippen MR) is 134 cm³/mol. The van der Waals surface area contributed by atoms with E-state index in [0.717, 1.165) is 54.5 Å². The third kappa shape index (κ3) is 5.10. The fourth-order valence-corrected chi connectivity index (χ4v) is 5.39. The number of rotatable bonds is 6. The zero-order chi connectivity index (χ0) is 24.1. The highest BCUT2D eigenvalue weighted by molar-refractivity contribution is 6.03. The topological polar surface area (TPSA) is 98.2 Å². The van der Waals surface area contributed by atoms with Gasteiger partial charge in [0.2, 0.25) is 11.8 Å². The van der Waals surface area contributed by atoms with Crippen LogP contribution in [0, 0.1) is 0 Å². The van der Waals surface area contributed by atoms with Crippen molar-refractivity contribution in [1.82, 2.24) is 5.32 Å². The van der Waals surface area contributed by atoms with Gasteiger partial charge in [-0.2, -0.15) is 0 Å². The Hall–Kier alpha value is -3.31. The van der Waals surface area contributed by atoms with E-state index in [1.54, 1.807) is 0 Å². The Balaban J connectivity index is 1.74. The Morgan fingerprint density at radius 3 is 2.59 bits per heavy atom. The van der Waals surface area contributed by atoms with Crippen LogP contribution in [-0.4, -0.2) is 29.9 Å². The summed E-state index contributed by atoms with van der Waals surface area (Å²) in [4.78, 5) is 31.4. The van der Waals surface area contributed by atoms with Crippen LogP contribution in [0.1, 0.15) is 75.0 Å². The first kappa shape index (κ1) is 23.8. The maximum Gasteiger partial charge on any atom is 0.240 e. The minimum absolute atomic E-state index is 0.0897. The lowest BCUT2D eigenvalue weighted by Crippen LogP contribution is -2.52. The number of hydrogen-bond donors (Lipinski definition) is 1. The molecule has 1 saturated carbocycles. The first-order chi connectivity index (χ1) is 16.4. The van der Waals surface area contributed by atoms with Crippen LogP contribution in [0.3, 0.4) is 0 Å². The average Bonchev–Trinajstić information content (AvgIpc) is 2.95. The van der Waals surface area contributed by atoms with Crippen LogP contribution in [0.4, 0.5) is 5.69 Å². The molecule has 0 spiro atoms. The molecular formula is C27H33N5O2. The number of azide groups is 1. The van der Waals surface area contributed by atoms with Gasteiger partial charge in [-0.3, -0.25) is 9.59 Å². The summed E-state index contributed by atoms with van der Waals surface area (Å²) in [6.45, 7) is 4.07. The maximum absolute atomic E-state index is 13.7. The maximum atomic E-state index is 13.7. The summed E-state index contributed by atoms with van der Waals surface area (Å²) in [5.74, 6) is -0.622. The molecule has 1 fully saturated rings. The van der Waals surface area contributed by atoms with Crippen molar-refractivity contribution in [3.8, 4) is 0 Å². The molecule has 0 saturated heterocycles. The van der Waals surface area contributed by atoms with Crippen molar-refractivity contribution in [2.45, 2.75) is 76.3 Å². The summed E-state index contributed by atoms with van der Waals surface area (Å²) in [6, 6.07) is 15.2. The lowest BCUT2D eigenvalue weighted by Gasteiger charge is -2.35. The second kappa shape index (κ2) is 10.3. The molecule has 4 rings (SSSR count). The first-order valence-electron chi connectivity index (χ1n) is 12.3.